The Hall–Kier alpha value is -3.13. The summed E-state index contributed by atoms with van der Waals surface area (Å²) in [6, 6.07) is 12.9. The molecule has 4 aliphatic carbocycles. The third-order valence-corrected chi connectivity index (χ3v) is 14.1. The molecule has 2 saturated heterocycles. The Morgan fingerprint density at radius 1 is 0.918 bits per heavy atom. The van der Waals surface area contributed by atoms with E-state index in [1.165, 1.54) is 50.7 Å². The van der Waals surface area contributed by atoms with Crippen molar-refractivity contribution in [3.05, 3.63) is 70.4 Å². The van der Waals surface area contributed by atoms with E-state index in [-0.39, 0.29) is 39.8 Å². The van der Waals surface area contributed by atoms with Gasteiger partial charge < -0.3 is 29.2 Å². The lowest BCUT2D eigenvalue weighted by Gasteiger charge is -2.57. The van der Waals surface area contributed by atoms with Gasteiger partial charge in [0.25, 0.3) is 0 Å². The van der Waals surface area contributed by atoms with E-state index in [1.54, 1.807) is 5.57 Å². The molecule has 3 aromatic rings. The lowest BCUT2D eigenvalue weighted by molar-refractivity contribution is -0.272. The highest BCUT2D eigenvalue weighted by Crippen LogP contribution is 2.69. The maximum atomic E-state index is 12.0. The fourth-order valence-electron chi connectivity index (χ4n) is 11.5. The lowest BCUT2D eigenvalue weighted by atomic mass is 9.48. The molecule has 0 radical (unpaired) electrons. The predicted octanol–water partition coefficient (Wildman–Crippen LogP) is 8.59. The minimum absolute atomic E-state index is 0.0661. The highest BCUT2D eigenvalue weighted by atomic mass is 16.7. The van der Waals surface area contributed by atoms with Crippen molar-refractivity contribution >= 4 is 11.0 Å². The molecule has 1 spiro atoms. The van der Waals surface area contributed by atoms with Crippen LogP contribution in [0.2, 0.25) is 0 Å². The van der Waals surface area contributed by atoms with Crippen LogP contribution in [-0.2, 0) is 9.47 Å². The number of phenolic OH excluding ortho intramolecular Hbond substituents is 2. The zero-order chi connectivity index (χ0) is 34.3. The van der Waals surface area contributed by atoms with Crippen molar-refractivity contribution in [2.45, 2.75) is 103 Å². The van der Waals surface area contributed by atoms with Crippen LogP contribution in [0.5, 0.6) is 11.5 Å². The summed E-state index contributed by atoms with van der Waals surface area (Å²) < 4.78 is 18.9. The van der Waals surface area contributed by atoms with E-state index in [0.717, 1.165) is 49.3 Å². The lowest BCUT2D eigenvalue weighted by Crippen LogP contribution is -2.50. The summed E-state index contributed by atoms with van der Waals surface area (Å²) in [6.07, 6.45) is 13.6. The van der Waals surface area contributed by atoms with E-state index in [9.17, 15) is 20.1 Å². The van der Waals surface area contributed by atoms with Gasteiger partial charge in [-0.15, -0.1) is 0 Å². The molecule has 7 heteroatoms. The molecular weight excluding hydrogens is 616 g/mol. The molecule has 2 aromatic carbocycles. The van der Waals surface area contributed by atoms with Gasteiger partial charge in [0.15, 0.2) is 11.2 Å². The molecule has 1 aromatic heterocycles. The zero-order valence-corrected chi connectivity index (χ0v) is 29.4. The van der Waals surface area contributed by atoms with Gasteiger partial charge >= 0.3 is 0 Å². The fraction of sp³-hybridized carbons (Fsp3) is 0.595. The number of fused-ring (bicyclic) bond motifs is 8. The van der Waals surface area contributed by atoms with Crippen molar-refractivity contribution in [2.24, 2.45) is 46.3 Å². The van der Waals surface area contributed by atoms with Gasteiger partial charge in [-0.2, -0.15) is 0 Å². The van der Waals surface area contributed by atoms with Crippen LogP contribution in [0.4, 0.5) is 0 Å². The average Bonchev–Trinajstić information content (AvgIpc) is 3.52. The molecular formula is C42H52O7. The van der Waals surface area contributed by atoms with Crippen LogP contribution < -0.4 is 5.43 Å². The third-order valence-electron chi connectivity index (χ3n) is 14.1. The fourth-order valence-corrected chi connectivity index (χ4v) is 11.5. The molecule has 11 unspecified atom stereocenters. The monoisotopic (exact) mass is 668 g/mol. The van der Waals surface area contributed by atoms with E-state index < -0.39 is 0 Å². The van der Waals surface area contributed by atoms with Crippen LogP contribution in [0.1, 0.15) is 85.5 Å². The number of allylic oxidation sites excluding steroid dienone is 2. The molecule has 49 heavy (non-hydrogen) atoms. The number of aliphatic hydroxyl groups is 1. The average molecular weight is 669 g/mol. The van der Waals surface area contributed by atoms with Crippen LogP contribution in [0.15, 0.2) is 69.4 Å². The van der Waals surface area contributed by atoms with Crippen molar-refractivity contribution in [2.75, 3.05) is 6.61 Å². The van der Waals surface area contributed by atoms with Crippen LogP contribution in [-0.4, -0.2) is 39.9 Å². The number of hydrogen-bond acceptors (Lipinski definition) is 7. The Morgan fingerprint density at radius 3 is 2.47 bits per heavy atom. The van der Waals surface area contributed by atoms with Crippen LogP contribution >= 0.6 is 0 Å². The van der Waals surface area contributed by atoms with Crippen molar-refractivity contribution in [3.63, 3.8) is 0 Å². The number of benzene rings is 2. The number of aliphatic hydroxyl groups excluding tert-OH is 1. The van der Waals surface area contributed by atoms with E-state index >= 15 is 0 Å². The molecule has 5 fully saturated rings. The van der Waals surface area contributed by atoms with Crippen LogP contribution in [0.3, 0.4) is 0 Å². The molecule has 0 bridgehead atoms. The summed E-state index contributed by atoms with van der Waals surface area (Å²) >= 11 is 0. The Balaban J connectivity index is 0.000000158. The Labute approximate surface area is 289 Å². The standard InChI is InChI=1S/C27H42O3.C15H10O4/c1-16-7-12-27(29-15-16)17(2)24-23(30-27)14-22-20-6-5-18-13-19(28)8-10-25(18,3)21(20)9-11-26(22,24)4;16-10-6-11(17)15-12(18)8-13(19-14(15)7-10)9-4-2-1-3-5-9/h9,16-20,22-24,28H,5-8,10-15H2,1-4H3;1-8,16-17H. The summed E-state index contributed by atoms with van der Waals surface area (Å²) in [7, 11) is 0. The SMILES string of the molecule is CC1CCC2(OC1)OC1CC3C4CCC5CC(O)CCC5(C)C4=CCC3(C)C1C2C.O=c1cc(-c2ccccc2)oc2cc(O)cc(O)c12. The molecule has 262 valence electrons. The molecule has 6 aliphatic rings. The van der Waals surface area contributed by atoms with Crippen molar-refractivity contribution in [3.8, 4) is 22.8 Å². The Morgan fingerprint density at radius 2 is 1.71 bits per heavy atom. The van der Waals surface area contributed by atoms with Gasteiger partial charge in [0.05, 0.1) is 18.8 Å². The van der Waals surface area contributed by atoms with Gasteiger partial charge in [0.1, 0.15) is 28.2 Å². The first-order valence-corrected chi connectivity index (χ1v) is 18.7. The van der Waals surface area contributed by atoms with Gasteiger partial charge in [0.2, 0.25) is 0 Å². The molecule has 9 rings (SSSR count). The minimum Gasteiger partial charge on any atom is -0.508 e. The second kappa shape index (κ2) is 12.0. The second-order valence-corrected chi connectivity index (χ2v) is 16.9. The van der Waals surface area contributed by atoms with E-state index in [0.29, 0.717) is 46.4 Å². The van der Waals surface area contributed by atoms with E-state index in [4.69, 9.17) is 13.9 Å². The number of aromatic hydroxyl groups is 2. The van der Waals surface area contributed by atoms with Crippen LogP contribution in [0.25, 0.3) is 22.3 Å². The normalized spacial score (nSPS) is 40.8. The number of rotatable bonds is 1. The summed E-state index contributed by atoms with van der Waals surface area (Å²) in [5.41, 5.74) is 3.02. The quantitative estimate of drug-likeness (QED) is 0.223. The first kappa shape index (κ1) is 33.0. The predicted molar refractivity (Wildman–Crippen MR) is 189 cm³/mol. The molecule has 7 nitrogen and oxygen atoms in total. The minimum atomic E-state index is -0.349. The van der Waals surface area contributed by atoms with Crippen molar-refractivity contribution in [1.29, 1.82) is 0 Å². The summed E-state index contributed by atoms with van der Waals surface area (Å²) in [5, 5.41) is 29.5. The maximum Gasteiger partial charge on any atom is 0.197 e. The van der Waals surface area contributed by atoms with Gasteiger partial charge in [-0.25, -0.2) is 0 Å². The molecule has 0 amide bonds. The number of hydrogen-bond donors (Lipinski definition) is 3. The number of phenols is 2. The first-order valence-electron chi connectivity index (χ1n) is 18.7. The topological polar surface area (TPSA) is 109 Å². The zero-order valence-electron chi connectivity index (χ0n) is 29.4. The highest BCUT2D eigenvalue weighted by Gasteiger charge is 2.67. The van der Waals surface area contributed by atoms with Gasteiger partial charge in [-0.05, 0) is 91.8 Å². The largest absolute Gasteiger partial charge is 0.508 e. The first-order chi connectivity index (χ1) is 23.4. The Bertz CT molecular complexity index is 1800. The number of ether oxygens (including phenoxy) is 2. The smallest absolute Gasteiger partial charge is 0.197 e. The molecule has 11 atom stereocenters. The van der Waals surface area contributed by atoms with Gasteiger partial charge in [-0.3, -0.25) is 4.79 Å². The molecule has 2 aliphatic heterocycles. The summed E-state index contributed by atoms with van der Waals surface area (Å²) in [5.74, 6) is 3.63. The summed E-state index contributed by atoms with van der Waals surface area (Å²) in [4.78, 5) is 12.0. The maximum absolute atomic E-state index is 12.0. The van der Waals surface area contributed by atoms with Crippen molar-refractivity contribution in [1.82, 2.24) is 0 Å². The Kier molecular flexibility index (Phi) is 8.08. The van der Waals surface area contributed by atoms with E-state index in [1.807, 2.05) is 30.3 Å². The third kappa shape index (κ3) is 5.29. The molecule has 3 heterocycles. The van der Waals surface area contributed by atoms with Gasteiger partial charge in [-0.1, -0.05) is 69.7 Å². The highest BCUT2D eigenvalue weighted by molar-refractivity contribution is 5.85. The second-order valence-electron chi connectivity index (χ2n) is 16.9. The van der Waals surface area contributed by atoms with Crippen LogP contribution in [0, 0.1) is 46.3 Å². The van der Waals surface area contributed by atoms with E-state index in [2.05, 4.69) is 33.8 Å². The van der Waals surface area contributed by atoms with Gasteiger partial charge in [0, 0.05) is 36.1 Å². The molecule has 3 N–H and O–H groups in total. The summed E-state index contributed by atoms with van der Waals surface area (Å²) in [6.45, 7) is 10.7. The molecule has 3 saturated carbocycles. The van der Waals surface area contributed by atoms with Crippen molar-refractivity contribution < 1.29 is 29.2 Å².